The molecule has 0 saturated carbocycles. The molecule has 0 aromatic heterocycles. The summed E-state index contributed by atoms with van der Waals surface area (Å²) in [6.07, 6.45) is 2.03. The molecular formula is C11H20N2O3. The topological polar surface area (TPSA) is 67.4 Å². The summed E-state index contributed by atoms with van der Waals surface area (Å²) in [5, 5.41) is 5.17. The van der Waals surface area contributed by atoms with Crippen molar-refractivity contribution in [2.45, 2.75) is 45.3 Å². The van der Waals surface area contributed by atoms with Crippen molar-refractivity contribution in [1.82, 2.24) is 10.6 Å². The van der Waals surface area contributed by atoms with Crippen LogP contribution in [0.3, 0.4) is 0 Å². The highest BCUT2D eigenvalue weighted by molar-refractivity contribution is 6.35. The van der Waals surface area contributed by atoms with E-state index in [-0.39, 0.29) is 6.10 Å². The van der Waals surface area contributed by atoms with Crippen LogP contribution in [-0.2, 0) is 14.3 Å². The molecular weight excluding hydrogens is 208 g/mol. The molecule has 1 rings (SSSR count). The van der Waals surface area contributed by atoms with Gasteiger partial charge in [-0.15, -0.1) is 0 Å². The summed E-state index contributed by atoms with van der Waals surface area (Å²) in [5.74, 6) is -1.18. The Morgan fingerprint density at radius 2 is 2.00 bits per heavy atom. The van der Waals surface area contributed by atoms with E-state index in [0.29, 0.717) is 6.54 Å². The van der Waals surface area contributed by atoms with Gasteiger partial charge in [0.1, 0.15) is 0 Å². The molecule has 2 N–H and O–H groups in total. The Morgan fingerprint density at radius 3 is 2.50 bits per heavy atom. The van der Waals surface area contributed by atoms with Gasteiger partial charge in [-0.2, -0.15) is 0 Å². The molecule has 1 atom stereocenters. The van der Waals surface area contributed by atoms with E-state index in [1.807, 2.05) is 20.8 Å². The fraction of sp³-hybridized carbons (Fsp3) is 0.818. The molecule has 2 amide bonds. The van der Waals surface area contributed by atoms with Gasteiger partial charge in [-0.1, -0.05) is 0 Å². The maximum atomic E-state index is 11.4. The minimum Gasteiger partial charge on any atom is -0.376 e. The van der Waals surface area contributed by atoms with Gasteiger partial charge in [0.2, 0.25) is 0 Å². The monoisotopic (exact) mass is 228 g/mol. The van der Waals surface area contributed by atoms with E-state index in [1.54, 1.807) is 0 Å². The third kappa shape index (κ3) is 4.61. The van der Waals surface area contributed by atoms with E-state index >= 15 is 0 Å². The van der Waals surface area contributed by atoms with Gasteiger partial charge in [-0.3, -0.25) is 9.59 Å². The van der Waals surface area contributed by atoms with Crippen LogP contribution in [0.5, 0.6) is 0 Å². The van der Waals surface area contributed by atoms with Crippen molar-refractivity contribution in [1.29, 1.82) is 0 Å². The average Bonchev–Trinajstić information content (AvgIpc) is 2.63. The summed E-state index contributed by atoms with van der Waals surface area (Å²) in [6.45, 7) is 6.65. The highest BCUT2D eigenvalue weighted by Crippen LogP contribution is 2.10. The smallest absolute Gasteiger partial charge is 0.309 e. The summed E-state index contributed by atoms with van der Waals surface area (Å²) >= 11 is 0. The average molecular weight is 228 g/mol. The van der Waals surface area contributed by atoms with Crippen molar-refractivity contribution in [2.75, 3.05) is 13.2 Å². The van der Waals surface area contributed by atoms with E-state index < -0.39 is 17.4 Å². The normalized spacial score (nSPS) is 20.6. The number of hydrogen-bond donors (Lipinski definition) is 2. The lowest BCUT2D eigenvalue weighted by atomic mass is 10.1. The first-order valence-corrected chi connectivity index (χ1v) is 5.60. The molecule has 0 bridgehead atoms. The molecule has 16 heavy (non-hydrogen) atoms. The molecule has 0 aromatic rings. The number of ether oxygens (including phenoxy) is 1. The van der Waals surface area contributed by atoms with Crippen LogP contribution in [0.15, 0.2) is 0 Å². The lowest BCUT2D eigenvalue weighted by molar-refractivity contribution is -0.140. The third-order valence-electron chi connectivity index (χ3n) is 2.21. The summed E-state index contributed by atoms with van der Waals surface area (Å²) < 4.78 is 5.34. The van der Waals surface area contributed by atoms with E-state index in [9.17, 15) is 9.59 Å². The van der Waals surface area contributed by atoms with Gasteiger partial charge in [0.05, 0.1) is 6.10 Å². The van der Waals surface area contributed by atoms with Gasteiger partial charge >= 0.3 is 11.8 Å². The van der Waals surface area contributed by atoms with Gasteiger partial charge in [-0.25, -0.2) is 0 Å². The molecule has 92 valence electrons. The van der Waals surface area contributed by atoms with Crippen LogP contribution in [0.4, 0.5) is 0 Å². The van der Waals surface area contributed by atoms with Crippen molar-refractivity contribution < 1.29 is 14.3 Å². The Hall–Kier alpha value is -1.10. The van der Waals surface area contributed by atoms with Gasteiger partial charge < -0.3 is 15.4 Å². The van der Waals surface area contributed by atoms with Crippen LogP contribution in [0.25, 0.3) is 0 Å². The molecule has 5 nitrogen and oxygen atoms in total. The first kappa shape index (κ1) is 13.0. The molecule has 5 heteroatoms. The van der Waals surface area contributed by atoms with E-state index in [1.165, 1.54) is 0 Å². The minimum absolute atomic E-state index is 0.0615. The van der Waals surface area contributed by atoms with Crippen LogP contribution in [0.1, 0.15) is 33.6 Å². The minimum atomic E-state index is -0.592. The highest BCUT2D eigenvalue weighted by Gasteiger charge is 2.22. The molecule has 0 radical (unpaired) electrons. The molecule has 0 spiro atoms. The van der Waals surface area contributed by atoms with E-state index in [2.05, 4.69) is 10.6 Å². The van der Waals surface area contributed by atoms with Crippen molar-refractivity contribution >= 4 is 11.8 Å². The lowest BCUT2D eigenvalue weighted by Gasteiger charge is -2.20. The third-order valence-corrected chi connectivity index (χ3v) is 2.21. The first-order valence-electron chi connectivity index (χ1n) is 5.60. The fourth-order valence-corrected chi connectivity index (χ4v) is 1.49. The number of hydrogen-bond acceptors (Lipinski definition) is 3. The zero-order valence-electron chi connectivity index (χ0n) is 10.1. The van der Waals surface area contributed by atoms with Crippen molar-refractivity contribution in [3.8, 4) is 0 Å². The van der Waals surface area contributed by atoms with E-state index in [4.69, 9.17) is 4.74 Å². The van der Waals surface area contributed by atoms with Crippen LogP contribution >= 0.6 is 0 Å². The number of carbonyl (C=O) groups excluding carboxylic acids is 2. The van der Waals surface area contributed by atoms with Crippen LogP contribution in [0, 0.1) is 0 Å². The maximum absolute atomic E-state index is 11.4. The molecule has 1 heterocycles. The SMILES string of the molecule is CC(C)(C)NC(=O)C(=O)NC[C@@H]1CCCO1. The summed E-state index contributed by atoms with van der Waals surface area (Å²) in [5.41, 5.74) is -0.391. The molecule has 1 aliphatic heterocycles. The van der Waals surface area contributed by atoms with Crippen LogP contribution in [-0.4, -0.2) is 36.6 Å². The Balaban J connectivity index is 2.26. The fourth-order valence-electron chi connectivity index (χ4n) is 1.49. The molecule has 0 unspecified atom stereocenters. The standard InChI is InChI=1S/C11H20N2O3/c1-11(2,3)13-10(15)9(14)12-7-8-5-4-6-16-8/h8H,4-7H2,1-3H3,(H,12,14)(H,13,15)/t8-/m0/s1. The Kier molecular flexibility index (Phi) is 4.29. The van der Waals surface area contributed by atoms with Crippen molar-refractivity contribution in [3.63, 3.8) is 0 Å². The quantitative estimate of drug-likeness (QED) is 0.663. The Labute approximate surface area is 95.9 Å². The summed E-state index contributed by atoms with van der Waals surface area (Å²) in [4.78, 5) is 22.8. The zero-order valence-corrected chi connectivity index (χ0v) is 10.1. The predicted molar refractivity (Wildman–Crippen MR) is 59.9 cm³/mol. The number of carbonyl (C=O) groups is 2. The van der Waals surface area contributed by atoms with E-state index in [0.717, 1.165) is 19.4 Å². The molecule has 0 aliphatic carbocycles. The second-order valence-corrected chi connectivity index (χ2v) is 5.05. The first-order chi connectivity index (χ1) is 7.38. The maximum Gasteiger partial charge on any atom is 0.309 e. The second-order valence-electron chi connectivity index (χ2n) is 5.05. The van der Waals surface area contributed by atoms with Crippen LogP contribution in [0.2, 0.25) is 0 Å². The number of nitrogens with one attached hydrogen (secondary N) is 2. The summed E-state index contributed by atoms with van der Waals surface area (Å²) in [7, 11) is 0. The molecule has 0 aromatic carbocycles. The van der Waals surface area contributed by atoms with Crippen LogP contribution < -0.4 is 10.6 Å². The highest BCUT2D eigenvalue weighted by atomic mass is 16.5. The largest absolute Gasteiger partial charge is 0.376 e. The predicted octanol–water partition coefficient (Wildman–Crippen LogP) is 0.196. The lowest BCUT2D eigenvalue weighted by Crippen LogP contribution is -2.49. The Morgan fingerprint density at radius 1 is 1.31 bits per heavy atom. The molecule has 1 fully saturated rings. The molecule has 1 saturated heterocycles. The summed E-state index contributed by atoms with van der Waals surface area (Å²) in [6, 6.07) is 0. The second kappa shape index (κ2) is 5.30. The van der Waals surface area contributed by atoms with Crippen molar-refractivity contribution in [2.24, 2.45) is 0 Å². The molecule has 1 aliphatic rings. The van der Waals surface area contributed by atoms with Crippen molar-refractivity contribution in [3.05, 3.63) is 0 Å². The van der Waals surface area contributed by atoms with Gasteiger partial charge in [-0.05, 0) is 33.6 Å². The Bertz CT molecular complexity index is 265. The number of rotatable bonds is 2. The van der Waals surface area contributed by atoms with Gasteiger partial charge in [0, 0.05) is 18.7 Å². The van der Waals surface area contributed by atoms with Gasteiger partial charge in [0.15, 0.2) is 0 Å². The van der Waals surface area contributed by atoms with Gasteiger partial charge in [0.25, 0.3) is 0 Å². The zero-order chi connectivity index (χ0) is 12.2. The number of amides is 2.